The second-order valence-electron chi connectivity index (χ2n) is 9.30. The molecule has 0 aliphatic carbocycles. The quantitative estimate of drug-likeness (QED) is 0.619. The lowest BCUT2D eigenvalue weighted by atomic mass is 10.1. The lowest BCUT2D eigenvalue weighted by Gasteiger charge is -2.33. The second kappa shape index (κ2) is 9.97. The van der Waals surface area contributed by atoms with Gasteiger partial charge in [0.05, 0.1) is 5.56 Å². The van der Waals surface area contributed by atoms with Crippen molar-refractivity contribution in [3.8, 4) is 0 Å². The molecule has 1 atom stereocenters. The van der Waals surface area contributed by atoms with Gasteiger partial charge in [0.1, 0.15) is 17.5 Å². The highest BCUT2D eigenvalue weighted by atomic mass is 32.2. The molecular weight excluding hydrogens is 454 g/mol. The lowest BCUT2D eigenvalue weighted by molar-refractivity contribution is -0.141. The molecule has 0 unspecified atom stereocenters. The number of nitrogens with zero attached hydrogens (tertiary/aromatic N) is 2. The number of amides is 3. The molecule has 3 amide bonds. The van der Waals surface area contributed by atoms with E-state index < -0.39 is 40.0 Å². The van der Waals surface area contributed by atoms with E-state index in [0.29, 0.717) is 17.1 Å². The van der Waals surface area contributed by atoms with Crippen molar-refractivity contribution in [1.82, 2.24) is 14.5 Å². The molecule has 8 nitrogen and oxygen atoms in total. The molecule has 3 rings (SSSR count). The molecule has 1 heterocycles. The van der Waals surface area contributed by atoms with Crippen molar-refractivity contribution < 1.29 is 22.8 Å². The van der Waals surface area contributed by atoms with Crippen molar-refractivity contribution in [2.75, 3.05) is 13.1 Å². The third-order valence-corrected chi connectivity index (χ3v) is 7.35. The van der Waals surface area contributed by atoms with Crippen LogP contribution in [0.1, 0.15) is 50.0 Å². The van der Waals surface area contributed by atoms with Crippen LogP contribution in [0.4, 0.5) is 0 Å². The number of carbonyl (C=O) groups excluding carboxylic acids is 3. The standard InChI is InChI=1S/C25H31N3O5S/c1-5-20(23(30)26-25(2,3)4)27(16-15-18-11-7-6-8-12-18)22(29)17-28-24(31)19-13-9-10-14-21(19)34(28,32)33/h6-14,20H,5,15-17H2,1-4H3,(H,26,30)/t20-/m1/s1. The van der Waals surface area contributed by atoms with Gasteiger partial charge in [-0.25, -0.2) is 12.7 Å². The third kappa shape index (κ3) is 5.47. The summed E-state index contributed by atoms with van der Waals surface area (Å²) in [7, 11) is -4.14. The fourth-order valence-corrected chi connectivity index (χ4v) is 5.47. The summed E-state index contributed by atoms with van der Waals surface area (Å²) < 4.78 is 26.5. The zero-order valence-corrected chi connectivity index (χ0v) is 20.8. The Morgan fingerprint density at radius 1 is 1.03 bits per heavy atom. The molecule has 34 heavy (non-hydrogen) atoms. The van der Waals surface area contributed by atoms with E-state index in [0.717, 1.165) is 5.56 Å². The molecular formula is C25H31N3O5S. The molecule has 0 saturated heterocycles. The third-order valence-electron chi connectivity index (χ3n) is 5.56. The molecule has 0 spiro atoms. The highest BCUT2D eigenvalue weighted by Gasteiger charge is 2.43. The van der Waals surface area contributed by atoms with Crippen LogP contribution >= 0.6 is 0 Å². The smallest absolute Gasteiger partial charge is 0.269 e. The van der Waals surface area contributed by atoms with E-state index in [1.54, 1.807) is 13.0 Å². The van der Waals surface area contributed by atoms with E-state index in [1.807, 2.05) is 51.1 Å². The molecule has 0 bridgehead atoms. The number of benzene rings is 2. The van der Waals surface area contributed by atoms with Gasteiger partial charge in [-0.3, -0.25) is 14.4 Å². The summed E-state index contributed by atoms with van der Waals surface area (Å²) in [6.45, 7) is 6.88. The van der Waals surface area contributed by atoms with Gasteiger partial charge in [-0.05, 0) is 51.3 Å². The Kier molecular flexibility index (Phi) is 7.45. The Morgan fingerprint density at radius 3 is 2.24 bits per heavy atom. The lowest BCUT2D eigenvalue weighted by Crippen LogP contribution is -2.56. The minimum Gasteiger partial charge on any atom is -0.350 e. The molecule has 0 fully saturated rings. The van der Waals surface area contributed by atoms with Crippen molar-refractivity contribution in [3.63, 3.8) is 0 Å². The molecule has 0 saturated carbocycles. The molecule has 1 aliphatic rings. The van der Waals surface area contributed by atoms with E-state index >= 15 is 0 Å². The SMILES string of the molecule is CC[C@H](C(=O)NC(C)(C)C)N(CCc1ccccc1)C(=O)CN1C(=O)c2ccccc2S1(=O)=O. The van der Waals surface area contributed by atoms with Crippen molar-refractivity contribution in [1.29, 1.82) is 0 Å². The Bertz CT molecular complexity index is 1170. The van der Waals surface area contributed by atoms with Gasteiger partial charge in [0, 0.05) is 12.1 Å². The predicted molar refractivity (Wildman–Crippen MR) is 128 cm³/mol. The maximum Gasteiger partial charge on any atom is 0.269 e. The topological polar surface area (TPSA) is 104 Å². The minimum absolute atomic E-state index is 0.0450. The molecule has 2 aromatic carbocycles. The molecule has 1 aliphatic heterocycles. The largest absolute Gasteiger partial charge is 0.350 e. The van der Waals surface area contributed by atoms with Gasteiger partial charge in [0.25, 0.3) is 15.9 Å². The first-order chi connectivity index (χ1) is 16.0. The zero-order valence-electron chi connectivity index (χ0n) is 19.9. The van der Waals surface area contributed by atoms with Crippen LogP contribution in [-0.4, -0.2) is 60.0 Å². The fourth-order valence-electron chi connectivity index (χ4n) is 3.95. The number of sulfonamides is 1. The highest BCUT2D eigenvalue weighted by molar-refractivity contribution is 7.90. The first kappa shape index (κ1) is 25.4. The second-order valence-corrected chi connectivity index (χ2v) is 11.1. The van der Waals surface area contributed by atoms with Gasteiger partial charge in [-0.2, -0.15) is 0 Å². The summed E-state index contributed by atoms with van der Waals surface area (Å²) in [6.07, 6.45) is 0.816. The molecule has 182 valence electrons. The fraction of sp³-hybridized carbons (Fsp3) is 0.400. The Balaban J connectivity index is 1.88. The van der Waals surface area contributed by atoms with Gasteiger partial charge < -0.3 is 10.2 Å². The minimum atomic E-state index is -4.14. The van der Waals surface area contributed by atoms with Crippen molar-refractivity contribution in [2.24, 2.45) is 0 Å². The number of carbonyl (C=O) groups is 3. The van der Waals surface area contributed by atoms with Crippen LogP contribution in [0, 0.1) is 0 Å². The molecule has 9 heteroatoms. The van der Waals surface area contributed by atoms with Crippen molar-refractivity contribution in [2.45, 2.75) is 57.0 Å². The Labute approximate surface area is 201 Å². The van der Waals surface area contributed by atoms with E-state index in [1.165, 1.54) is 23.1 Å². The maximum absolute atomic E-state index is 13.5. The van der Waals surface area contributed by atoms with Gasteiger partial charge in [-0.1, -0.05) is 49.4 Å². The van der Waals surface area contributed by atoms with E-state index in [-0.39, 0.29) is 22.9 Å². The number of hydrogen-bond donors (Lipinski definition) is 1. The molecule has 2 aromatic rings. The summed E-state index contributed by atoms with van der Waals surface area (Å²) >= 11 is 0. The summed E-state index contributed by atoms with van der Waals surface area (Å²) in [6, 6.07) is 14.6. The number of fused-ring (bicyclic) bond motifs is 1. The van der Waals surface area contributed by atoms with Gasteiger partial charge in [-0.15, -0.1) is 0 Å². The number of nitrogens with one attached hydrogen (secondary N) is 1. The van der Waals surface area contributed by atoms with E-state index in [9.17, 15) is 22.8 Å². The van der Waals surface area contributed by atoms with E-state index in [2.05, 4.69) is 5.32 Å². The van der Waals surface area contributed by atoms with Crippen molar-refractivity contribution >= 4 is 27.7 Å². The van der Waals surface area contributed by atoms with Crippen LogP contribution in [-0.2, 0) is 26.0 Å². The van der Waals surface area contributed by atoms with Gasteiger partial charge in [0.15, 0.2) is 0 Å². The monoisotopic (exact) mass is 485 g/mol. The first-order valence-corrected chi connectivity index (χ1v) is 12.7. The highest BCUT2D eigenvalue weighted by Crippen LogP contribution is 2.30. The average Bonchev–Trinajstić information content (AvgIpc) is 2.96. The zero-order chi connectivity index (χ0) is 25.1. The molecule has 0 aromatic heterocycles. The first-order valence-electron chi connectivity index (χ1n) is 11.3. The molecule has 1 N–H and O–H groups in total. The van der Waals surface area contributed by atoms with E-state index in [4.69, 9.17) is 0 Å². The molecule has 0 radical (unpaired) electrons. The summed E-state index contributed by atoms with van der Waals surface area (Å²) in [4.78, 5) is 40.6. The van der Waals surface area contributed by atoms with Gasteiger partial charge >= 0.3 is 0 Å². The summed E-state index contributed by atoms with van der Waals surface area (Å²) in [5.74, 6) is -1.66. The predicted octanol–water partition coefficient (Wildman–Crippen LogP) is 2.60. The van der Waals surface area contributed by atoms with Crippen molar-refractivity contribution in [3.05, 3.63) is 65.7 Å². The summed E-state index contributed by atoms with van der Waals surface area (Å²) in [5, 5.41) is 2.90. The van der Waals surface area contributed by atoms with Crippen LogP contribution < -0.4 is 5.32 Å². The van der Waals surface area contributed by atoms with Crippen LogP contribution in [0.5, 0.6) is 0 Å². The Morgan fingerprint density at radius 2 is 1.65 bits per heavy atom. The number of hydrogen-bond acceptors (Lipinski definition) is 5. The maximum atomic E-state index is 13.5. The van der Waals surface area contributed by atoms with Crippen LogP contribution in [0.3, 0.4) is 0 Å². The van der Waals surface area contributed by atoms with Gasteiger partial charge in [0.2, 0.25) is 11.8 Å². The normalized spacial score (nSPS) is 15.5. The van der Waals surface area contributed by atoms with Crippen LogP contribution in [0.2, 0.25) is 0 Å². The average molecular weight is 486 g/mol. The summed E-state index contributed by atoms with van der Waals surface area (Å²) in [5.41, 5.74) is 0.515. The Hall–Kier alpha value is -3.20. The van der Waals surface area contributed by atoms with Crippen LogP contribution in [0.25, 0.3) is 0 Å². The van der Waals surface area contributed by atoms with Crippen LogP contribution in [0.15, 0.2) is 59.5 Å². The number of rotatable bonds is 8.